The summed E-state index contributed by atoms with van der Waals surface area (Å²) in [6.45, 7) is 0.602. The maximum atomic E-state index is 13.4. The Morgan fingerprint density at radius 1 is 1.06 bits per heavy atom. The van der Waals surface area contributed by atoms with Gasteiger partial charge in [-0.15, -0.1) is 0 Å². The number of amides is 2. The third-order valence-corrected chi connectivity index (χ3v) is 6.33. The van der Waals surface area contributed by atoms with Gasteiger partial charge in [-0.25, -0.2) is 0 Å². The van der Waals surface area contributed by atoms with Gasteiger partial charge in [-0.3, -0.25) is 14.4 Å². The first-order valence-electron chi connectivity index (χ1n) is 10.4. The molecule has 4 rings (SSSR count). The summed E-state index contributed by atoms with van der Waals surface area (Å²) in [5.74, 6) is 0.0371. The van der Waals surface area contributed by atoms with E-state index in [0.29, 0.717) is 30.9 Å². The van der Waals surface area contributed by atoms with E-state index in [1.807, 2.05) is 18.2 Å². The number of nitrogens with zero attached hydrogens (tertiary/aromatic N) is 1. The minimum atomic E-state index is -0.594. The van der Waals surface area contributed by atoms with Gasteiger partial charge in [-0.05, 0) is 30.9 Å². The van der Waals surface area contributed by atoms with Crippen LogP contribution in [0.25, 0.3) is 0 Å². The molecule has 1 aliphatic carbocycles. The molecule has 0 spiro atoms. The van der Waals surface area contributed by atoms with Crippen LogP contribution < -0.4 is 5.32 Å². The molecule has 0 unspecified atom stereocenters. The van der Waals surface area contributed by atoms with Crippen LogP contribution in [0.5, 0.6) is 0 Å². The molecule has 2 saturated heterocycles. The van der Waals surface area contributed by atoms with Gasteiger partial charge in [0.15, 0.2) is 5.78 Å². The fourth-order valence-corrected chi connectivity index (χ4v) is 4.85. The lowest BCUT2D eigenvalue weighted by Crippen LogP contribution is -2.52. The topological polar surface area (TPSA) is 75.7 Å². The molecule has 174 valence electrons. The summed E-state index contributed by atoms with van der Waals surface area (Å²) in [6.07, 6.45) is 6.94. The number of Topliss-reactive ketones (excluding diaryl/α,β-unsaturated/α-hetero) is 1. The van der Waals surface area contributed by atoms with E-state index in [2.05, 4.69) is 5.32 Å². The lowest BCUT2D eigenvalue weighted by atomic mass is 9.84. The van der Waals surface area contributed by atoms with Crippen molar-refractivity contribution in [3.8, 4) is 0 Å². The van der Waals surface area contributed by atoms with Crippen molar-refractivity contribution in [1.82, 2.24) is 10.2 Å². The van der Waals surface area contributed by atoms with Gasteiger partial charge in [0.1, 0.15) is 18.7 Å². The minimum Gasteiger partial charge on any atom is -0.368 e. The average Bonchev–Trinajstić information content (AvgIpc) is 3.31. The summed E-state index contributed by atoms with van der Waals surface area (Å²) < 4.78 is 5.52. The summed E-state index contributed by atoms with van der Waals surface area (Å²) in [5, 5.41) is 2.97. The van der Waals surface area contributed by atoms with Crippen LogP contribution in [0.2, 0.25) is 0 Å². The molecule has 2 aliphatic heterocycles. The van der Waals surface area contributed by atoms with Gasteiger partial charge < -0.3 is 15.0 Å². The summed E-state index contributed by atoms with van der Waals surface area (Å²) in [5.41, 5.74) is 0.545. The van der Waals surface area contributed by atoms with Gasteiger partial charge >= 0.3 is 0 Å². The van der Waals surface area contributed by atoms with E-state index in [4.69, 9.17) is 4.74 Å². The molecule has 6 nitrogen and oxygen atoms in total. The Morgan fingerprint density at radius 3 is 2.42 bits per heavy atom. The molecule has 0 bridgehead atoms. The van der Waals surface area contributed by atoms with Crippen LogP contribution in [0, 0.1) is 5.92 Å². The van der Waals surface area contributed by atoms with E-state index in [9.17, 15) is 14.4 Å². The Kier molecular flexibility index (Phi) is 11.1. The second-order valence-electron chi connectivity index (χ2n) is 8.21. The van der Waals surface area contributed by atoms with E-state index in [-0.39, 0.29) is 64.7 Å². The number of benzene rings is 1. The van der Waals surface area contributed by atoms with Crippen molar-refractivity contribution in [3.63, 3.8) is 0 Å². The van der Waals surface area contributed by atoms with E-state index in [1.54, 1.807) is 17.0 Å². The van der Waals surface area contributed by atoms with Gasteiger partial charge in [-0.2, -0.15) is 27.0 Å². The highest BCUT2D eigenvalue weighted by Gasteiger charge is 2.48. The molecule has 2 amide bonds. The third kappa shape index (κ3) is 6.26. The highest BCUT2D eigenvalue weighted by atomic mass is 32.1. The predicted molar refractivity (Wildman–Crippen MR) is 131 cm³/mol. The number of carbonyl (C=O) groups excluding carboxylic acids is 3. The average molecular weight is 469 g/mol. The van der Waals surface area contributed by atoms with Crippen molar-refractivity contribution in [2.75, 3.05) is 13.2 Å². The first-order valence-corrected chi connectivity index (χ1v) is 10.4. The van der Waals surface area contributed by atoms with Gasteiger partial charge in [0.25, 0.3) is 5.91 Å². The molecule has 1 saturated carbocycles. The lowest BCUT2D eigenvalue weighted by molar-refractivity contribution is -0.138. The standard InChI is InChI=1S/C22H28N2O4.CH4.2H2S/c25-18-14-28-19-11-12-24(20(18)19)22(27)17(13-15-7-3-1-4-8-15)23-21(26)16-9-5-2-6-10-16;;;/h2,5-6,9-10,15,17,19-20H,1,3-4,7-8,11-14H2,(H,23,26);1H4;2*1H2/t17-,19+,20+;;;/m0.../s1. The van der Waals surface area contributed by atoms with Crippen LogP contribution in [0.3, 0.4) is 0 Å². The Morgan fingerprint density at radius 2 is 1.74 bits per heavy atom. The number of fused-ring (bicyclic) bond motifs is 1. The fraction of sp³-hybridized carbons (Fsp3) is 0.609. The molecule has 1 aromatic carbocycles. The summed E-state index contributed by atoms with van der Waals surface area (Å²) in [6, 6.07) is 7.91. The van der Waals surface area contributed by atoms with Crippen LogP contribution in [-0.4, -0.2) is 53.8 Å². The number of carbonyl (C=O) groups is 3. The maximum Gasteiger partial charge on any atom is 0.251 e. The van der Waals surface area contributed by atoms with E-state index in [1.165, 1.54) is 19.3 Å². The van der Waals surface area contributed by atoms with E-state index >= 15 is 0 Å². The van der Waals surface area contributed by atoms with E-state index < -0.39 is 12.1 Å². The zero-order valence-electron chi connectivity index (χ0n) is 17.1. The molecular weight excluding hydrogens is 432 g/mol. The predicted octanol–water partition coefficient (Wildman–Crippen LogP) is 3.19. The number of hydrogen-bond acceptors (Lipinski definition) is 4. The van der Waals surface area contributed by atoms with Crippen molar-refractivity contribution in [1.29, 1.82) is 0 Å². The van der Waals surface area contributed by atoms with Gasteiger partial charge in [-0.1, -0.05) is 57.7 Å². The van der Waals surface area contributed by atoms with Gasteiger partial charge in [0, 0.05) is 12.1 Å². The molecule has 31 heavy (non-hydrogen) atoms. The fourth-order valence-electron chi connectivity index (χ4n) is 4.85. The monoisotopic (exact) mass is 468 g/mol. The molecule has 3 aliphatic rings. The van der Waals surface area contributed by atoms with Crippen molar-refractivity contribution in [2.24, 2.45) is 5.92 Å². The molecular formula is C23H36N2O4S2. The number of nitrogens with one attached hydrogen (secondary N) is 1. The zero-order valence-corrected chi connectivity index (χ0v) is 19.1. The first-order chi connectivity index (χ1) is 13.6. The summed E-state index contributed by atoms with van der Waals surface area (Å²) in [4.78, 5) is 40.0. The van der Waals surface area contributed by atoms with Crippen molar-refractivity contribution >= 4 is 44.6 Å². The van der Waals surface area contributed by atoms with Crippen molar-refractivity contribution in [3.05, 3.63) is 35.9 Å². The van der Waals surface area contributed by atoms with Crippen LogP contribution in [0.15, 0.2) is 30.3 Å². The highest BCUT2D eigenvalue weighted by Crippen LogP contribution is 2.31. The number of hydrogen-bond donors (Lipinski definition) is 1. The quantitative estimate of drug-likeness (QED) is 0.720. The molecule has 1 N–H and O–H groups in total. The molecule has 2 heterocycles. The molecule has 3 fully saturated rings. The Labute approximate surface area is 199 Å². The minimum absolute atomic E-state index is 0. The third-order valence-electron chi connectivity index (χ3n) is 6.33. The van der Waals surface area contributed by atoms with Crippen LogP contribution in [0.1, 0.15) is 62.7 Å². The van der Waals surface area contributed by atoms with E-state index in [0.717, 1.165) is 12.8 Å². The smallest absolute Gasteiger partial charge is 0.251 e. The van der Waals surface area contributed by atoms with Crippen molar-refractivity contribution in [2.45, 2.75) is 70.6 Å². The van der Waals surface area contributed by atoms with Gasteiger partial charge in [0.05, 0.1) is 6.10 Å². The van der Waals surface area contributed by atoms with Crippen molar-refractivity contribution < 1.29 is 19.1 Å². The number of ketones is 1. The number of ether oxygens (including phenoxy) is 1. The highest BCUT2D eigenvalue weighted by molar-refractivity contribution is 7.59. The number of rotatable bonds is 5. The maximum absolute atomic E-state index is 13.4. The zero-order chi connectivity index (χ0) is 19.5. The normalized spacial score (nSPS) is 23.6. The summed E-state index contributed by atoms with van der Waals surface area (Å²) >= 11 is 0. The Hall–Kier alpha value is -1.51. The Bertz CT molecular complexity index is 740. The summed E-state index contributed by atoms with van der Waals surface area (Å²) in [7, 11) is 0. The van der Waals surface area contributed by atoms with Crippen LogP contribution >= 0.6 is 27.0 Å². The molecule has 3 atom stereocenters. The molecule has 8 heteroatoms. The van der Waals surface area contributed by atoms with Crippen LogP contribution in [0.4, 0.5) is 0 Å². The largest absolute Gasteiger partial charge is 0.368 e. The second kappa shape index (κ2) is 12.5. The number of likely N-dealkylation sites (tertiary alicyclic amines) is 1. The van der Waals surface area contributed by atoms with Gasteiger partial charge in [0.2, 0.25) is 5.91 Å². The Balaban J connectivity index is 0.00000160. The first kappa shape index (κ1) is 27.5. The van der Waals surface area contributed by atoms with Crippen LogP contribution in [-0.2, 0) is 14.3 Å². The second-order valence-corrected chi connectivity index (χ2v) is 8.21. The molecule has 0 aromatic heterocycles. The SMILES string of the molecule is C.O=C(N[C@@H](CC1CCCCC1)C(=O)N1CC[C@H]2OCC(=O)[C@H]21)c1ccccc1.S.S. The lowest BCUT2D eigenvalue weighted by Gasteiger charge is -2.31. The molecule has 1 aromatic rings. The molecule has 0 radical (unpaired) electrons.